The van der Waals surface area contributed by atoms with Crippen molar-refractivity contribution in [1.82, 2.24) is 14.4 Å². The van der Waals surface area contributed by atoms with Crippen molar-refractivity contribution < 1.29 is 23.9 Å². The Hall–Kier alpha value is -2.95. The minimum atomic E-state index is -0.291. The van der Waals surface area contributed by atoms with Crippen LogP contribution >= 0.6 is 23.2 Å². The number of hydrogen-bond donors (Lipinski definition) is 1. The second kappa shape index (κ2) is 14.7. The van der Waals surface area contributed by atoms with Gasteiger partial charge in [-0.2, -0.15) is 0 Å². The van der Waals surface area contributed by atoms with E-state index in [-0.39, 0.29) is 54.5 Å². The Morgan fingerprint density at radius 1 is 1.02 bits per heavy atom. The first-order valence-corrected chi connectivity index (χ1v) is 17.4. The fourth-order valence-corrected chi connectivity index (χ4v) is 8.03. The molecular formula is C36H44Cl2N4O5. The van der Waals surface area contributed by atoms with Crippen LogP contribution in [0.25, 0.3) is 10.9 Å². The number of rotatable bonds is 9. The normalized spacial score (nSPS) is 26.9. The molecule has 1 aliphatic carbocycles. The Balaban J connectivity index is 1.15. The number of nitrogens with one attached hydrogen (secondary N) is 1. The van der Waals surface area contributed by atoms with E-state index in [0.717, 1.165) is 62.4 Å². The molecule has 2 saturated heterocycles. The number of amides is 2. The monoisotopic (exact) mass is 682 g/mol. The van der Waals surface area contributed by atoms with Gasteiger partial charge >= 0.3 is 0 Å². The molecule has 11 heteroatoms. The minimum Gasteiger partial charge on any atom is -0.376 e. The number of likely N-dealkylation sites (tertiary alicyclic amines) is 1. The van der Waals surface area contributed by atoms with E-state index in [0.29, 0.717) is 40.0 Å². The maximum absolute atomic E-state index is 14.0. The number of aldehydes is 1. The van der Waals surface area contributed by atoms with Crippen LogP contribution in [0.5, 0.6) is 0 Å². The summed E-state index contributed by atoms with van der Waals surface area (Å²) in [5.74, 6) is -0.199. The summed E-state index contributed by atoms with van der Waals surface area (Å²) in [4.78, 5) is 42.8. The van der Waals surface area contributed by atoms with Crippen molar-refractivity contribution in [3.63, 3.8) is 0 Å². The van der Waals surface area contributed by atoms with Gasteiger partial charge in [-0.25, -0.2) is 0 Å². The molecule has 2 amide bonds. The van der Waals surface area contributed by atoms with E-state index in [1.165, 1.54) is 0 Å². The summed E-state index contributed by atoms with van der Waals surface area (Å²) in [6.45, 7) is 6.91. The molecule has 9 nitrogen and oxygen atoms in total. The van der Waals surface area contributed by atoms with Crippen molar-refractivity contribution in [3.05, 3.63) is 63.8 Å². The fraction of sp³-hybridized carbons (Fsp3) is 0.528. The average molecular weight is 684 g/mol. The van der Waals surface area contributed by atoms with Gasteiger partial charge in [-0.1, -0.05) is 41.4 Å². The predicted molar refractivity (Wildman–Crippen MR) is 184 cm³/mol. The highest BCUT2D eigenvalue weighted by Gasteiger charge is 2.40. The summed E-state index contributed by atoms with van der Waals surface area (Å²) in [5.41, 5.74) is 2.48. The van der Waals surface area contributed by atoms with Gasteiger partial charge in [0.15, 0.2) is 0 Å². The van der Waals surface area contributed by atoms with E-state index in [1.54, 1.807) is 18.3 Å². The molecule has 1 N–H and O–H groups in total. The molecule has 252 valence electrons. The lowest BCUT2D eigenvalue weighted by Crippen LogP contribution is -2.51. The van der Waals surface area contributed by atoms with E-state index >= 15 is 0 Å². The number of ether oxygens (including phenoxy) is 2. The first-order valence-electron chi connectivity index (χ1n) is 16.7. The molecular weight excluding hydrogens is 639 g/mol. The first-order chi connectivity index (χ1) is 22.6. The fourth-order valence-electron chi connectivity index (χ4n) is 7.57. The number of benzene rings is 2. The number of carbonyl (C=O) groups excluding carboxylic acids is 3. The van der Waals surface area contributed by atoms with Crippen LogP contribution in [0.4, 0.5) is 5.69 Å². The lowest BCUT2D eigenvalue weighted by molar-refractivity contribution is -0.133. The lowest BCUT2D eigenvalue weighted by atomic mass is 9.88. The zero-order chi connectivity index (χ0) is 33.2. The van der Waals surface area contributed by atoms with Crippen molar-refractivity contribution >= 4 is 57.9 Å². The largest absolute Gasteiger partial charge is 0.376 e. The number of morpholine rings is 1. The molecule has 2 aliphatic heterocycles. The summed E-state index contributed by atoms with van der Waals surface area (Å²) < 4.78 is 14.3. The smallest absolute Gasteiger partial charge is 0.257 e. The molecule has 1 aromatic heterocycles. The summed E-state index contributed by atoms with van der Waals surface area (Å²) in [6.07, 6.45) is 7.56. The molecule has 0 unspecified atom stereocenters. The van der Waals surface area contributed by atoms with Gasteiger partial charge in [0, 0.05) is 60.8 Å². The Morgan fingerprint density at radius 3 is 2.47 bits per heavy atom. The minimum absolute atomic E-state index is 0.0365. The molecule has 3 fully saturated rings. The van der Waals surface area contributed by atoms with Crippen molar-refractivity contribution in [1.29, 1.82) is 0 Å². The Morgan fingerprint density at radius 2 is 1.74 bits per heavy atom. The molecule has 3 aliphatic rings. The maximum Gasteiger partial charge on any atom is 0.257 e. The number of aromatic nitrogens is 1. The zero-order valence-electron chi connectivity index (χ0n) is 27.3. The Labute approximate surface area is 286 Å². The zero-order valence-corrected chi connectivity index (χ0v) is 28.8. The van der Waals surface area contributed by atoms with E-state index in [4.69, 9.17) is 32.7 Å². The molecule has 0 radical (unpaired) electrons. The van der Waals surface area contributed by atoms with Gasteiger partial charge in [0.25, 0.3) is 5.91 Å². The summed E-state index contributed by atoms with van der Waals surface area (Å²) in [5, 5.41) is 4.42. The van der Waals surface area contributed by atoms with Crippen LogP contribution in [0.15, 0.2) is 42.6 Å². The average Bonchev–Trinajstić information content (AvgIpc) is 3.64. The van der Waals surface area contributed by atoms with Crippen LogP contribution in [-0.2, 0) is 32.5 Å². The number of fused-ring (bicyclic) bond motifs is 1. The SMILES string of the molecule is C[C@@H]1CN([C@H]2C[C@@H](COC3CCC(C=O)CC3)N(C(=O)Cc3cc(Cl)c(NC(=O)c4cn(C)c5ccccc45)cc3Cl)C2)C[C@H](C)O1. The number of aryl methyl sites for hydroxylation is 1. The van der Waals surface area contributed by atoms with E-state index in [2.05, 4.69) is 24.1 Å². The first kappa shape index (κ1) is 33.9. The van der Waals surface area contributed by atoms with Crippen LogP contribution in [0.3, 0.4) is 0 Å². The molecule has 3 heterocycles. The topological polar surface area (TPSA) is 93.1 Å². The van der Waals surface area contributed by atoms with Crippen molar-refractivity contribution in [2.45, 2.75) is 82.8 Å². The second-order valence-electron chi connectivity index (χ2n) is 13.5. The number of para-hydroxylation sites is 1. The van der Waals surface area contributed by atoms with Gasteiger partial charge in [-0.15, -0.1) is 0 Å². The summed E-state index contributed by atoms with van der Waals surface area (Å²) in [7, 11) is 1.90. The van der Waals surface area contributed by atoms with Crippen LogP contribution < -0.4 is 5.32 Å². The van der Waals surface area contributed by atoms with Crippen LogP contribution in [0.2, 0.25) is 10.0 Å². The molecule has 0 spiro atoms. The lowest BCUT2D eigenvalue weighted by Gasteiger charge is -2.38. The molecule has 2 aromatic carbocycles. The quantitative estimate of drug-likeness (QED) is 0.273. The van der Waals surface area contributed by atoms with E-state index in [9.17, 15) is 14.4 Å². The van der Waals surface area contributed by atoms with Gasteiger partial charge in [0.2, 0.25) is 5.91 Å². The predicted octanol–water partition coefficient (Wildman–Crippen LogP) is 6.13. The van der Waals surface area contributed by atoms with Crippen LogP contribution in [-0.4, -0.2) is 89.1 Å². The number of anilines is 1. The van der Waals surface area contributed by atoms with Crippen molar-refractivity contribution in [2.75, 3.05) is 31.6 Å². The van der Waals surface area contributed by atoms with Crippen LogP contribution in [0.1, 0.15) is 61.9 Å². The highest BCUT2D eigenvalue weighted by atomic mass is 35.5. The summed E-state index contributed by atoms with van der Waals surface area (Å²) >= 11 is 13.4. The van der Waals surface area contributed by atoms with Gasteiger partial charge in [0.05, 0.1) is 53.7 Å². The standard InChI is InChI=1S/C36H44Cl2N4O5/c1-22-16-41(17-23(2)47-22)26-14-27(21-46-28-10-8-24(20-43)9-11-28)42(18-26)35(44)13-25-12-32(38)33(15-31(25)37)39-36(45)30-19-40(3)34-7-5-4-6-29(30)34/h4-7,12,15,19-20,22-24,26-28H,8-11,13-14,16-18,21H2,1-3H3,(H,39,45)/t22-,23+,24?,26-,27-,28?/m0/s1. The number of carbonyl (C=O) groups is 3. The highest BCUT2D eigenvalue weighted by Crippen LogP contribution is 2.33. The number of nitrogens with zero attached hydrogens (tertiary/aromatic N) is 3. The number of halogens is 2. The van der Waals surface area contributed by atoms with E-state index < -0.39 is 0 Å². The van der Waals surface area contributed by atoms with Gasteiger partial charge in [-0.3, -0.25) is 14.5 Å². The second-order valence-corrected chi connectivity index (χ2v) is 14.3. The third-order valence-electron chi connectivity index (χ3n) is 9.98. The van der Waals surface area contributed by atoms with Crippen molar-refractivity contribution in [3.8, 4) is 0 Å². The maximum atomic E-state index is 14.0. The molecule has 6 rings (SSSR count). The third-order valence-corrected chi connectivity index (χ3v) is 10.6. The van der Waals surface area contributed by atoms with Gasteiger partial charge in [-0.05, 0) is 69.7 Å². The van der Waals surface area contributed by atoms with Gasteiger partial charge in [0.1, 0.15) is 6.29 Å². The van der Waals surface area contributed by atoms with Crippen LogP contribution in [0, 0.1) is 5.92 Å². The molecule has 3 aromatic rings. The van der Waals surface area contributed by atoms with E-state index in [1.807, 2.05) is 40.8 Å². The molecule has 4 atom stereocenters. The van der Waals surface area contributed by atoms with Crippen molar-refractivity contribution in [2.24, 2.45) is 13.0 Å². The molecule has 1 saturated carbocycles. The highest BCUT2D eigenvalue weighted by molar-refractivity contribution is 6.36. The number of hydrogen-bond acceptors (Lipinski definition) is 6. The van der Waals surface area contributed by atoms with Gasteiger partial charge < -0.3 is 29.1 Å². The Bertz CT molecular complexity index is 1610. The third kappa shape index (κ3) is 7.70. The molecule has 47 heavy (non-hydrogen) atoms. The Kier molecular flexibility index (Phi) is 10.6. The molecule has 0 bridgehead atoms. The summed E-state index contributed by atoms with van der Waals surface area (Å²) in [6, 6.07) is 11.1.